The SMILES string of the molecule is O=C(O)C1CCCN(CCOc2ccccc2C(F)(F)F)C1. The van der Waals surface area contributed by atoms with Crippen molar-refractivity contribution in [2.24, 2.45) is 5.92 Å². The van der Waals surface area contributed by atoms with Gasteiger partial charge in [0.2, 0.25) is 0 Å². The molecular weight excluding hydrogens is 299 g/mol. The molecule has 0 spiro atoms. The summed E-state index contributed by atoms with van der Waals surface area (Å²) >= 11 is 0. The predicted octanol–water partition coefficient (Wildman–Crippen LogP) is 2.88. The molecule has 1 fully saturated rings. The molecule has 1 aliphatic heterocycles. The van der Waals surface area contributed by atoms with Gasteiger partial charge in [0.1, 0.15) is 12.4 Å². The Morgan fingerprint density at radius 1 is 1.36 bits per heavy atom. The van der Waals surface area contributed by atoms with Crippen molar-refractivity contribution < 1.29 is 27.8 Å². The highest BCUT2D eigenvalue weighted by Gasteiger charge is 2.34. The van der Waals surface area contributed by atoms with Crippen LogP contribution in [-0.2, 0) is 11.0 Å². The number of piperidine rings is 1. The van der Waals surface area contributed by atoms with Crippen molar-refractivity contribution in [1.29, 1.82) is 0 Å². The van der Waals surface area contributed by atoms with Gasteiger partial charge >= 0.3 is 12.1 Å². The van der Waals surface area contributed by atoms with E-state index < -0.39 is 23.6 Å². The van der Waals surface area contributed by atoms with E-state index in [2.05, 4.69) is 0 Å². The molecule has 4 nitrogen and oxygen atoms in total. The van der Waals surface area contributed by atoms with Crippen molar-refractivity contribution in [3.63, 3.8) is 0 Å². The molecule has 0 bridgehead atoms. The Hall–Kier alpha value is -1.76. The van der Waals surface area contributed by atoms with Crippen molar-refractivity contribution >= 4 is 5.97 Å². The summed E-state index contributed by atoms with van der Waals surface area (Å²) in [5, 5.41) is 9.00. The molecule has 0 aromatic heterocycles. The fourth-order valence-electron chi connectivity index (χ4n) is 2.57. The minimum Gasteiger partial charge on any atom is -0.492 e. The Morgan fingerprint density at radius 3 is 2.77 bits per heavy atom. The molecule has 7 heteroatoms. The largest absolute Gasteiger partial charge is 0.492 e. The first kappa shape index (κ1) is 16.6. The molecule has 2 rings (SSSR count). The Balaban J connectivity index is 1.88. The highest BCUT2D eigenvalue weighted by Crippen LogP contribution is 2.35. The summed E-state index contributed by atoms with van der Waals surface area (Å²) < 4.78 is 43.7. The lowest BCUT2D eigenvalue weighted by Crippen LogP contribution is -2.40. The van der Waals surface area contributed by atoms with E-state index in [0.29, 0.717) is 19.5 Å². The number of hydrogen-bond acceptors (Lipinski definition) is 3. The molecule has 0 aliphatic carbocycles. The maximum Gasteiger partial charge on any atom is 0.419 e. The van der Waals surface area contributed by atoms with Crippen molar-refractivity contribution in [3.8, 4) is 5.75 Å². The number of rotatable bonds is 5. The molecule has 1 heterocycles. The zero-order chi connectivity index (χ0) is 16.2. The lowest BCUT2D eigenvalue weighted by atomic mass is 9.98. The number of carbonyl (C=O) groups is 1. The molecule has 1 aromatic rings. The van der Waals surface area contributed by atoms with Gasteiger partial charge in [-0.15, -0.1) is 0 Å². The normalized spacial score (nSPS) is 19.9. The first-order valence-electron chi connectivity index (χ1n) is 7.12. The third-order valence-electron chi connectivity index (χ3n) is 3.71. The van der Waals surface area contributed by atoms with E-state index in [1.807, 2.05) is 4.90 Å². The number of carboxylic acid groups (broad SMARTS) is 1. The molecule has 1 N–H and O–H groups in total. The quantitative estimate of drug-likeness (QED) is 0.907. The molecule has 0 amide bonds. The van der Waals surface area contributed by atoms with E-state index in [-0.39, 0.29) is 12.4 Å². The third kappa shape index (κ3) is 4.37. The molecule has 0 saturated carbocycles. The van der Waals surface area contributed by atoms with E-state index in [4.69, 9.17) is 9.84 Å². The first-order chi connectivity index (χ1) is 10.4. The van der Waals surface area contributed by atoms with E-state index >= 15 is 0 Å². The van der Waals surface area contributed by atoms with Gasteiger partial charge in [-0.25, -0.2) is 0 Å². The predicted molar refractivity (Wildman–Crippen MR) is 73.7 cm³/mol. The van der Waals surface area contributed by atoms with Gasteiger partial charge in [0.05, 0.1) is 11.5 Å². The van der Waals surface area contributed by atoms with Crippen LogP contribution >= 0.6 is 0 Å². The molecule has 1 atom stereocenters. The summed E-state index contributed by atoms with van der Waals surface area (Å²) in [6, 6.07) is 5.08. The zero-order valence-corrected chi connectivity index (χ0v) is 12.0. The second-order valence-corrected chi connectivity index (χ2v) is 5.32. The maximum atomic E-state index is 12.8. The molecule has 1 unspecified atom stereocenters. The fourth-order valence-corrected chi connectivity index (χ4v) is 2.57. The van der Waals surface area contributed by atoms with E-state index in [1.54, 1.807) is 0 Å². The zero-order valence-electron chi connectivity index (χ0n) is 12.0. The van der Waals surface area contributed by atoms with Crippen molar-refractivity contribution in [2.75, 3.05) is 26.2 Å². The number of hydrogen-bond donors (Lipinski definition) is 1. The standard InChI is InChI=1S/C15H18F3NO3/c16-15(17,18)12-5-1-2-6-13(12)22-9-8-19-7-3-4-11(10-19)14(20)21/h1-2,5-6,11H,3-4,7-10H2,(H,20,21). The van der Waals surface area contributed by atoms with Crippen LogP contribution in [0.1, 0.15) is 18.4 Å². The summed E-state index contributed by atoms with van der Waals surface area (Å²) in [4.78, 5) is 12.9. The number of carboxylic acids is 1. The van der Waals surface area contributed by atoms with Crippen molar-refractivity contribution in [3.05, 3.63) is 29.8 Å². The third-order valence-corrected chi connectivity index (χ3v) is 3.71. The Kier molecular flexibility index (Phi) is 5.28. The molecule has 0 radical (unpaired) electrons. The van der Waals surface area contributed by atoms with Gasteiger partial charge in [-0.3, -0.25) is 9.69 Å². The molecule has 1 aromatic carbocycles. The number of ether oxygens (including phenoxy) is 1. The summed E-state index contributed by atoms with van der Waals surface area (Å²) in [5.74, 6) is -1.42. The number of halogens is 3. The molecular formula is C15H18F3NO3. The molecule has 1 aliphatic rings. The highest BCUT2D eigenvalue weighted by atomic mass is 19.4. The van der Waals surface area contributed by atoms with Gasteiger partial charge < -0.3 is 9.84 Å². The smallest absolute Gasteiger partial charge is 0.419 e. The lowest BCUT2D eigenvalue weighted by molar-refractivity contribution is -0.144. The summed E-state index contributed by atoms with van der Waals surface area (Å²) in [7, 11) is 0. The van der Waals surface area contributed by atoms with Gasteiger partial charge in [0, 0.05) is 13.1 Å². The monoisotopic (exact) mass is 317 g/mol. The number of aliphatic carboxylic acids is 1. The second kappa shape index (κ2) is 7.00. The van der Waals surface area contributed by atoms with Crippen LogP contribution in [0.3, 0.4) is 0 Å². The highest BCUT2D eigenvalue weighted by molar-refractivity contribution is 5.70. The van der Waals surface area contributed by atoms with Gasteiger partial charge in [-0.05, 0) is 31.5 Å². The lowest BCUT2D eigenvalue weighted by Gasteiger charge is -2.30. The number of alkyl halides is 3. The minimum atomic E-state index is -4.45. The Labute approximate surface area is 126 Å². The number of benzene rings is 1. The van der Waals surface area contributed by atoms with E-state index in [1.165, 1.54) is 18.2 Å². The summed E-state index contributed by atoms with van der Waals surface area (Å²) in [6.07, 6.45) is -3.03. The average molecular weight is 317 g/mol. The first-order valence-corrected chi connectivity index (χ1v) is 7.12. The van der Waals surface area contributed by atoms with Gasteiger partial charge in [0.15, 0.2) is 0 Å². The van der Waals surface area contributed by atoms with Crippen LogP contribution in [0.25, 0.3) is 0 Å². The second-order valence-electron chi connectivity index (χ2n) is 5.32. The van der Waals surface area contributed by atoms with Crippen LogP contribution in [0.15, 0.2) is 24.3 Å². The van der Waals surface area contributed by atoms with Crippen LogP contribution in [0.2, 0.25) is 0 Å². The van der Waals surface area contributed by atoms with Crippen LogP contribution in [0.4, 0.5) is 13.2 Å². The van der Waals surface area contributed by atoms with Gasteiger partial charge in [0.25, 0.3) is 0 Å². The van der Waals surface area contributed by atoms with Crippen molar-refractivity contribution in [1.82, 2.24) is 4.90 Å². The summed E-state index contributed by atoms with van der Waals surface area (Å²) in [6.45, 7) is 1.67. The summed E-state index contributed by atoms with van der Waals surface area (Å²) in [5.41, 5.74) is -0.794. The van der Waals surface area contributed by atoms with E-state index in [9.17, 15) is 18.0 Å². The van der Waals surface area contributed by atoms with Crippen LogP contribution < -0.4 is 4.74 Å². The van der Waals surface area contributed by atoms with Gasteiger partial charge in [-0.2, -0.15) is 13.2 Å². The maximum absolute atomic E-state index is 12.8. The Morgan fingerprint density at radius 2 is 2.09 bits per heavy atom. The van der Waals surface area contributed by atoms with Crippen LogP contribution in [0, 0.1) is 5.92 Å². The van der Waals surface area contributed by atoms with Crippen LogP contribution in [-0.4, -0.2) is 42.2 Å². The number of nitrogens with zero attached hydrogens (tertiary/aromatic N) is 1. The topological polar surface area (TPSA) is 49.8 Å². The number of likely N-dealkylation sites (tertiary alicyclic amines) is 1. The molecule has 122 valence electrons. The average Bonchev–Trinajstić information content (AvgIpc) is 2.47. The van der Waals surface area contributed by atoms with Crippen LogP contribution in [0.5, 0.6) is 5.75 Å². The fraction of sp³-hybridized carbons (Fsp3) is 0.533. The van der Waals surface area contributed by atoms with Crippen molar-refractivity contribution in [2.45, 2.75) is 19.0 Å². The number of para-hydroxylation sites is 1. The Bertz CT molecular complexity index is 519. The van der Waals surface area contributed by atoms with E-state index in [0.717, 1.165) is 19.0 Å². The minimum absolute atomic E-state index is 0.0967. The van der Waals surface area contributed by atoms with Gasteiger partial charge in [-0.1, -0.05) is 12.1 Å². The molecule has 22 heavy (non-hydrogen) atoms. The molecule has 1 saturated heterocycles.